The smallest absolute Gasteiger partial charge is 0.296 e. The second-order valence-electron chi connectivity index (χ2n) is 5.21. The van der Waals surface area contributed by atoms with Gasteiger partial charge in [0.25, 0.3) is 5.69 Å². The molecular formula is C15H14FN3O6S. The lowest BCUT2D eigenvalue weighted by atomic mass is 10.2. The molecule has 0 aliphatic rings. The first-order valence-corrected chi connectivity index (χ1v) is 8.96. The van der Waals surface area contributed by atoms with E-state index in [1.54, 1.807) is 0 Å². The van der Waals surface area contributed by atoms with Crippen LogP contribution in [-0.4, -0.2) is 25.5 Å². The summed E-state index contributed by atoms with van der Waals surface area (Å²) in [5.74, 6) is -1.90. The molecule has 0 aliphatic carbocycles. The zero-order valence-corrected chi connectivity index (χ0v) is 14.5. The van der Waals surface area contributed by atoms with Gasteiger partial charge in [0.15, 0.2) is 17.3 Å². The predicted octanol–water partition coefficient (Wildman–Crippen LogP) is 2.86. The van der Waals surface area contributed by atoms with Gasteiger partial charge in [0.2, 0.25) is 15.9 Å². The van der Waals surface area contributed by atoms with Gasteiger partial charge in [-0.3, -0.25) is 19.6 Å². The van der Waals surface area contributed by atoms with E-state index < -0.39 is 32.4 Å². The first-order chi connectivity index (χ1) is 12.1. The molecule has 2 rings (SSSR count). The molecule has 0 fully saturated rings. The Hall–Kier alpha value is -3.21. The van der Waals surface area contributed by atoms with Gasteiger partial charge in [0.05, 0.1) is 22.9 Å². The Morgan fingerprint density at radius 2 is 1.85 bits per heavy atom. The van der Waals surface area contributed by atoms with Crippen molar-refractivity contribution in [3.63, 3.8) is 0 Å². The Labute approximate surface area is 148 Å². The number of halogens is 1. The average Bonchev–Trinajstić information content (AvgIpc) is 2.49. The van der Waals surface area contributed by atoms with Crippen LogP contribution in [0.25, 0.3) is 0 Å². The molecule has 0 unspecified atom stereocenters. The van der Waals surface area contributed by atoms with Crippen molar-refractivity contribution in [3.05, 3.63) is 52.3 Å². The van der Waals surface area contributed by atoms with Gasteiger partial charge in [-0.15, -0.1) is 0 Å². The van der Waals surface area contributed by atoms with E-state index >= 15 is 0 Å². The van der Waals surface area contributed by atoms with Crippen LogP contribution in [0.5, 0.6) is 11.5 Å². The Morgan fingerprint density at radius 1 is 1.19 bits per heavy atom. The van der Waals surface area contributed by atoms with Crippen molar-refractivity contribution in [2.24, 2.45) is 0 Å². The van der Waals surface area contributed by atoms with Crippen LogP contribution in [0.3, 0.4) is 0 Å². The number of para-hydroxylation sites is 1. The summed E-state index contributed by atoms with van der Waals surface area (Å²) in [5, 5.41) is 13.5. The highest BCUT2D eigenvalue weighted by atomic mass is 32.2. The minimum atomic E-state index is -3.79. The summed E-state index contributed by atoms with van der Waals surface area (Å²) in [5.41, 5.74) is -0.995. The van der Waals surface area contributed by atoms with Crippen LogP contribution in [0.4, 0.5) is 21.5 Å². The number of nitro benzene ring substituents is 1. The zero-order chi connectivity index (χ0) is 19.5. The third-order valence-electron chi connectivity index (χ3n) is 2.96. The van der Waals surface area contributed by atoms with Gasteiger partial charge in [-0.25, -0.2) is 12.8 Å². The molecule has 0 saturated heterocycles. The summed E-state index contributed by atoms with van der Waals surface area (Å²) in [7, 11) is -3.79. The summed E-state index contributed by atoms with van der Waals surface area (Å²) < 4.78 is 44.4. The largest absolute Gasteiger partial charge is 0.452 e. The summed E-state index contributed by atoms with van der Waals surface area (Å²) in [6, 6.07) is 7.19. The van der Waals surface area contributed by atoms with Crippen LogP contribution in [0.1, 0.15) is 6.92 Å². The molecule has 2 N–H and O–H groups in total. The van der Waals surface area contributed by atoms with E-state index in [4.69, 9.17) is 4.74 Å². The summed E-state index contributed by atoms with van der Waals surface area (Å²) in [6.45, 7) is 1.14. The maximum absolute atomic E-state index is 13.8. The van der Waals surface area contributed by atoms with Crippen molar-refractivity contribution in [1.82, 2.24) is 0 Å². The number of carbonyl (C=O) groups excluding carboxylic acids is 1. The number of amides is 1. The highest BCUT2D eigenvalue weighted by molar-refractivity contribution is 7.92. The van der Waals surface area contributed by atoms with Crippen molar-refractivity contribution < 1.29 is 27.3 Å². The Kier molecular flexibility index (Phi) is 5.41. The molecule has 11 heteroatoms. The van der Waals surface area contributed by atoms with Gasteiger partial charge in [-0.1, -0.05) is 12.1 Å². The summed E-state index contributed by atoms with van der Waals surface area (Å²) in [4.78, 5) is 21.7. The van der Waals surface area contributed by atoms with Crippen LogP contribution in [0.2, 0.25) is 0 Å². The molecule has 2 aromatic carbocycles. The van der Waals surface area contributed by atoms with Crippen molar-refractivity contribution >= 4 is 33.0 Å². The number of hydrogen-bond donors (Lipinski definition) is 2. The molecule has 138 valence electrons. The van der Waals surface area contributed by atoms with Gasteiger partial charge >= 0.3 is 0 Å². The quantitative estimate of drug-likeness (QED) is 0.583. The number of benzene rings is 2. The summed E-state index contributed by atoms with van der Waals surface area (Å²) in [6.07, 6.45) is 0.860. The number of hydrogen-bond acceptors (Lipinski definition) is 6. The molecule has 1 amide bonds. The third-order valence-corrected chi connectivity index (χ3v) is 3.55. The number of nitrogens with one attached hydrogen (secondary N) is 2. The van der Waals surface area contributed by atoms with Crippen molar-refractivity contribution in [2.75, 3.05) is 16.3 Å². The summed E-state index contributed by atoms with van der Waals surface area (Å²) >= 11 is 0. The van der Waals surface area contributed by atoms with Gasteiger partial charge in [0.1, 0.15) is 5.69 Å². The van der Waals surface area contributed by atoms with Crippen LogP contribution < -0.4 is 14.8 Å². The number of nitrogens with zero attached hydrogens (tertiary/aromatic N) is 1. The predicted molar refractivity (Wildman–Crippen MR) is 92.3 cm³/mol. The molecule has 0 saturated carbocycles. The van der Waals surface area contributed by atoms with E-state index in [0.717, 1.165) is 31.4 Å². The van der Waals surface area contributed by atoms with Crippen LogP contribution in [0.15, 0.2) is 36.4 Å². The van der Waals surface area contributed by atoms with Gasteiger partial charge in [0, 0.05) is 6.92 Å². The number of anilines is 2. The number of nitro groups is 1. The molecule has 0 atom stereocenters. The molecule has 0 radical (unpaired) electrons. The topological polar surface area (TPSA) is 128 Å². The monoisotopic (exact) mass is 383 g/mol. The lowest BCUT2D eigenvalue weighted by molar-refractivity contribution is -0.384. The number of ether oxygens (including phenoxy) is 1. The molecule has 0 bridgehead atoms. The molecule has 0 heterocycles. The first-order valence-electron chi connectivity index (χ1n) is 7.07. The van der Waals surface area contributed by atoms with Gasteiger partial charge in [-0.05, 0) is 18.2 Å². The molecular weight excluding hydrogens is 369 g/mol. The van der Waals surface area contributed by atoms with Crippen LogP contribution >= 0.6 is 0 Å². The van der Waals surface area contributed by atoms with Crippen LogP contribution in [-0.2, 0) is 14.8 Å². The van der Waals surface area contributed by atoms with Gasteiger partial charge in [-0.2, -0.15) is 0 Å². The SMILES string of the molecule is CC(=O)Nc1cc(NS(C)(=O)=O)c(Oc2ccccc2F)cc1[N+](=O)[O-]. The van der Waals surface area contributed by atoms with Crippen molar-refractivity contribution in [1.29, 1.82) is 0 Å². The minimum absolute atomic E-state index is 0.204. The van der Waals surface area contributed by atoms with E-state index in [-0.39, 0.29) is 22.9 Å². The standard InChI is InChI=1S/C15H14FN3O6S/c1-9(20)17-11-7-12(18-26(2,23)24)15(8-13(11)19(21)22)25-14-6-4-3-5-10(14)16/h3-8,18H,1-2H3,(H,17,20). The molecule has 0 aromatic heterocycles. The lowest BCUT2D eigenvalue weighted by Gasteiger charge is -2.14. The third kappa shape index (κ3) is 4.89. The fourth-order valence-electron chi connectivity index (χ4n) is 2.02. The molecule has 26 heavy (non-hydrogen) atoms. The van der Waals surface area contributed by atoms with E-state index in [1.165, 1.54) is 18.2 Å². The fourth-order valence-corrected chi connectivity index (χ4v) is 2.58. The molecule has 0 aliphatic heterocycles. The maximum Gasteiger partial charge on any atom is 0.296 e. The lowest BCUT2D eigenvalue weighted by Crippen LogP contribution is -2.13. The molecule has 9 nitrogen and oxygen atoms in total. The number of carbonyl (C=O) groups is 1. The molecule has 0 spiro atoms. The number of rotatable bonds is 6. The van der Waals surface area contributed by atoms with E-state index in [0.29, 0.717) is 0 Å². The van der Waals surface area contributed by atoms with E-state index in [1.807, 2.05) is 0 Å². The highest BCUT2D eigenvalue weighted by Gasteiger charge is 2.22. The molecule has 2 aromatic rings. The zero-order valence-electron chi connectivity index (χ0n) is 13.6. The number of sulfonamides is 1. The van der Waals surface area contributed by atoms with Gasteiger partial charge < -0.3 is 10.1 Å². The second-order valence-corrected chi connectivity index (χ2v) is 6.96. The van der Waals surface area contributed by atoms with E-state index in [2.05, 4.69) is 10.0 Å². The maximum atomic E-state index is 13.8. The van der Waals surface area contributed by atoms with Crippen molar-refractivity contribution in [3.8, 4) is 11.5 Å². The Morgan fingerprint density at radius 3 is 2.38 bits per heavy atom. The minimum Gasteiger partial charge on any atom is -0.452 e. The first kappa shape index (κ1) is 19.1. The van der Waals surface area contributed by atoms with Crippen molar-refractivity contribution in [2.45, 2.75) is 6.92 Å². The van der Waals surface area contributed by atoms with Crippen LogP contribution in [0, 0.1) is 15.9 Å². The highest BCUT2D eigenvalue weighted by Crippen LogP contribution is 2.39. The average molecular weight is 383 g/mol. The Balaban J connectivity index is 2.62. The van der Waals surface area contributed by atoms with E-state index in [9.17, 15) is 27.7 Å². The normalized spacial score (nSPS) is 10.9. The fraction of sp³-hybridized carbons (Fsp3) is 0.133. The Bertz CT molecular complexity index is 977. The second kappa shape index (κ2) is 7.35.